The van der Waals surface area contributed by atoms with Gasteiger partial charge in [0.1, 0.15) is 11.6 Å². The Morgan fingerprint density at radius 3 is 2.50 bits per heavy atom. The topological polar surface area (TPSA) is 67.2 Å². The standard InChI is InChI=1S/C11H13F2N3OS/c1-11(2,9(14)18)16-10(17)15-8-4-3-6(12)5-7(8)13/h3-5H,1-2H3,(H2,14,18)(H2,15,16,17). The van der Waals surface area contributed by atoms with Crippen LogP contribution < -0.4 is 16.4 Å². The molecule has 0 aromatic heterocycles. The molecule has 0 atom stereocenters. The smallest absolute Gasteiger partial charge is 0.320 e. The summed E-state index contributed by atoms with van der Waals surface area (Å²) in [5.74, 6) is -1.58. The van der Waals surface area contributed by atoms with Gasteiger partial charge in [0.15, 0.2) is 0 Å². The number of halogens is 2. The molecule has 98 valence electrons. The molecule has 7 heteroatoms. The summed E-state index contributed by atoms with van der Waals surface area (Å²) in [5, 5.41) is 4.71. The average Bonchev–Trinajstić information content (AvgIpc) is 2.21. The van der Waals surface area contributed by atoms with Crippen LogP contribution in [0.25, 0.3) is 0 Å². The molecule has 0 aliphatic rings. The van der Waals surface area contributed by atoms with Gasteiger partial charge in [-0.25, -0.2) is 13.6 Å². The fourth-order valence-corrected chi connectivity index (χ4v) is 1.14. The monoisotopic (exact) mass is 273 g/mol. The van der Waals surface area contributed by atoms with E-state index in [0.29, 0.717) is 6.07 Å². The number of rotatable bonds is 3. The van der Waals surface area contributed by atoms with Crippen molar-refractivity contribution in [2.45, 2.75) is 19.4 Å². The van der Waals surface area contributed by atoms with E-state index in [1.54, 1.807) is 13.8 Å². The van der Waals surface area contributed by atoms with Gasteiger partial charge in [0, 0.05) is 6.07 Å². The van der Waals surface area contributed by atoms with Crippen molar-refractivity contribution in [2.24, 2.45) is 5.73 Å². The van der Waals surface area contributed by atoms with Crippen molar-refractivity contribution in [1.29, 1.82) is 0 Å². The molecule has 0 heterocycles. The molecule has 0 saturated carbocycles. The number of carbonyl (C=O) groups is 1. The molecule has 0 aliphatic carbocycles. The molecule has 0 saturated heterocycles. The first-order valence-corrected chi connectivity index (χ1v) is 5.47. The molecule has 1 aromatic carbocycles. The van der Waals surface area contributed by atoms with E-state index in [1.165, 1.54) is 0 Å². The second-order valence-corrected chi connectivity index (χ2v) is 4.63. The first kappa shape index (κ1) is 14.3. The molecule has 4 N–H and O–H groups in total. The van der Waals surface area contributed by atoms with E-state index in [-0.39, 0.29) is 10.7 Å². The van der Waals surface area contributed by atoms with E-state index in [9.17, 15) is 13.6 Å². The summed E-state index contributed by atoms with van der Waals surface area (Å²) in [7, 11) is 0. The van der Waals surface area contributed by atoms with Gasteiger partial charge < -0.3 is 16.4 Å². The molecule has 0 bridgehead atoms. The highest BCUT2D eigenvalue weighted by Crippen LogP contribution is 2.15. The van der Waals surface area contributed by atoms with Gasteiger partial charge in [0.2, 0.25) is 0 Å². The SMILES string of the molecule is CC(C)(NC(=O)Nc1ccc(F)cc1F)C(N)=S. The third-order valence-corrected chi connectivity index (χ3v) is 2.73. The Bertz CT molecular complexity index is 491. The van der Waals surface area contributed by atoms with E-state index in [4.69, 9.17) is 18.0 Å². The lowest BCUT2D eigenvalue weighted by Crippen LogP contribution is -2.53. The zero-order valence-corrected chi connectivity index (χ0v) is 10.7. The van der Waals surface area contributed by atoms with Crippen molar-refractivity contribution in [2.75, 3.05) is 5.32 Å². The second-order valence-electron chi connectivity index (χ2n) is 4.19. The largest absolute Gasteiger partial charge is 0.391 e. The van der Waals surface area contributed by atoms with E-state index >= 15 is 0 Å². The molecule has 1 rings (SSSR count). The van der Waals surface area contributed by atoms with Crippen LogP contribution in [0.15, 0.2) is 18.2 Å². The van der Waals surface area contributed by atoms with Gasteiger partial charge in [-0.1, -0.05) is 12.2 Å². The Labute approximate surface area is 109 Å². The number of carbonyl (C=O) groups excluding carboxylic acids is 1. The van der Waals surface area contributed by atoms with E-state index in [1.807, 2.05) is 0 Å². The van der Waals surface area contributed by atoms with Gasteiger partial charge in [-0.15, -0.1) is 0 Å². The Morgan fingerprint density at radius 1 is 1.39 bits per heavy atom. The number of amides is 2. The molecule has 1 aromatic rings. The van der Waals surface area contributed by atoms with E-state index in [0.717, 1.165) is 12.1 Å². The maximum Gasteiger partial charge on any atom is 0.320 e. The highest BCUT2D eigenvalue weighted by Gasteiger charge is 2.23. The number of hydrogen-bond donors (Lipinski definition) is 3. The summed E-state index contributed by atoms with van der Waals surface area (Å²) in [4.78, 5) is 11.7. The van der Waals surface area contributed by atoms with Gasteiger partial charge in [-0.2, -0.15) is 0 Å². The van der Waals surface area contributed by atoms with Crippen LogP contribution in [-0.2, 0) is 0 Å². The number of nitrogens with two attached hydrogens (primary N) is 1. The highest BCUT2D eigenvalue weighted by atomic mass is 32.1. The van der Waals surface area contributed by atoms with E-state index < -0.39 is 23.2 Å². The van der Waals surface area contributed by atoms with Crippen LogP contribution in [0.3, 0.4) is 0 Å². The molecule has 2 amide bonds. The van der Waals surface area contributed by atoms with Gasteiger partial charge in [-0.05, 0) is 26.0 Å². The molecular weight excluding hydrogens is 260 g/mol. The van der Waals surface area contributed by atoms with Crippen LogP contribution in [0.4, 0.5) is 19.3 Å². The Kier molecular flexibility index (Phi) is 4.18. The lowest BCUT2D eigenvalue weighted by atomic mass is 10.1. The summed E-state index contributed by atoms with van der Waals surface area (Å²) in [5.41, 5.74) is 4.39. The average molecular weight is 273 g/mol. The summed E-state index contributed by atoms with van der Waals surface area (Å²) in [6, 6.07) is 2.15. The Morgan fingerprint density at radius 2 is 2.00 bits per heavy atom. The van der Waals surface area contributed by atoms with Gasteiger partial charge in [-0.3, -0.25) is 0 Å². The summed E-state index contributed by atoms with van der Waals surface area (Å²) >= 11 is 4.77. The van der Waals surface area contributed by atoms with Crippen LogP contribution in [0, 0.1) is 11.6 Å². The zero-order valence-electron chi connectivity index (χ0n) is 9.88. The van der Waals surface area contributed by atoms with Crippen molar-refractivity contribution in [3.05, 3.63) is 29.8 Å². The fraction of sp³-hybridized carbons (Fsp3) is 0.273. The maximum absolute atomic E-state index is 13.3. The minimum Gasteiger partial charge on any atom is -0.391 e. The summed E-state index contributed by atoms with van der Waals surface area (Å²) in [6.45, 7) is 3.21. The quantitative estimate of drug-likeness (QED) is 0.739. The number of benzene rings is 1. The molecule has 0 spiro atoms. The van der Waals surface area contributed by atoms with Crippen molar-refractivity contribution >= 4 is 28.9 Å². The number of nitrogens with one attached hydrogen (secondary N) is 2. The number of thiocarbonyl (C=S) groups is 1. The minimum atomic E-state index is -0.907. The minimum absolute atomic E-state index is 0.0947. The summed E-state index contributed by atoms with van der Waals surface area (Å²) in [6.07, 6.45) is 0. The highest BCUT2D eigenvalue weighted by molar-refractivity contribution is 7.80. The number of hydrogen-bond acceptors (Lipinski definition) is 2. The normalized spacial score (nSPS) is 10.9. The summed E-state index contributed by atoms with van der Waals surface area (Å²) < 4.78 is 25.9. The first-order valence-electron chi connectivity index (χ1n) is 5.06. The second kappa shape index (κ2) is 5.26. The Hall–Kier alpha value is -1.76. The predicted octanol–water partition coefficient (Wildman–Crippen LogP) is 2.15. The van der Waals surface area contributed by atoms with Crippen molar-refractivity contribution in [3.63, 3.8) is 0 Å². The van der Waals surface area contributed by atoms with Gasteiger partial charge in [0.25, 0.3) is 0 Å². The molecule has 0 fully saturated rings. The molecule has 4 nitrogen and oxygen atoms in total. The third-order valence-electron chi connectivity index (χ3n) is 2.22. The van der Waals surface area contributed by atoms with E-state index in [2.05, 4.69) is 10.6 Å². The lowest BCUT2D eigenvalue weighted by molar-refractivity contribution is 0.247. The molecular formula is C11H13F2N3OS. The molecule has 18 heavy (non-hydrogen) atoms. The molecule has 0 radical (unpaired) electrons. The van der Waals surface area contributed by atoms with Crippen LogP contribution in [0.5, 0.6) is 0 Å². The Balaban J connectivity index is 2.74. The van der Waals surface area contributed by atoms with Crippen LogP contribution in [0.1, 0.15) is 13.8 Å². The van der Waals surface area contributed by atoms with Crippen LogP contribution >= 0.6 is 12.2 Å². The van der Waals surface area contributed by atoms with Crippen molar-refractivity contribution in [3.8, 4) is 0 Å². The number of anilines is 1. The lowest BCUT2D eigenvalue weighted by Gasteiger charge is -2.24. The zero-order chi connectivity index (χ0) is 13.9. The van der Waals surface area contributed by atoms with Crippen LogP contribution in [0.2, 0.25) is 0 Å². The van der Waals surface area contributed by atoms with Crippen molar-refractivity contribution < 1.29 is 13.6 Å². The first-order chi connectivity index (χ1) is 8.22. The maximum atomic E-state index is 13.3. The van der Waals surface area contributed by atoms with Gasteiger partial charge in [0.05, 0.1) is 16.2 Å². The fourth-order valence-electron chi connectivity index (χ4n) is 1.09. The predicted molar refractivity (Wildman–Crippen MR) is 69.4 cm³/mol. The van der Waals surface area contributed by atoms with Crippen LogP contribution in [-0.4, -0.2) is 16.6 Å². The van der Waals surface area contributed by atoms with Crippen molar-refractivity contribution in [1.82, 2.24) is 5.32 Å². The number of urea groups is 1. The van der Waals surface area contributed by atoms with Gasteiger partial charge >= 0.3 is 6.03 Å². The molecule has 0 unspecified atom stereocenters. The molecule has 0 aliphatic heterocycles. The third kappa shape index (κ3) is 3.63.